The number of hydrogen-bond donors (Lipinski definition) is 1. The average molecular weight is 289 g/mol. The van der Waals surface area contributed by atoms with Gasteiger partial charge in [0.05, 0.1) is 6.42 Å². The van der Waals surface area contributed by atoms with E-state index < -0.39 is 5.97 Å². The highest BCUT2D eigenvalue weighted by molar-refractivity contribution is 9.10. The lowest BCUT2D eigenvalue weighted by Gasteiger charge is -2.16. The predicted molar refractivity (Wildman–Crippen MR) is 62.3 cm³/mol. The molecule has 0 aliphatic heterocycles. The Hall–Kier alpha value is -1.30. The predicted octanol–water partition coefficient (Wildman–Crippen LogP) is 1.33. The lowest BCUT2D eigenvalue weighted by molar-refractivity contribution is -0.137. The van der Waals surface area contributed by atoms with E-state index in [4.69, 9.17) is 5.11 Å². The Balaban J connectivity index is 2.70. The molecule has 16 heavy (non-hydrogen) atoms. The van der Waals surface area contributed by atoms with E-state index in [1.54, 1.807) is 30.9 Å². The van der Waals surface area contributed by atoms with Crippen LogP contribution in [0.2, 0.25) is 0 Å². The quantitative estimate of drug-likeness (QED) is 0.909. The number of carbonyl (C=O) groups is 2. The summed E-state index contributed by atoms with van der Waals surface area (Å²) in [5, 5.41) is 8.52. The number of halogens is 1. The van der Waals surface area contributed by atoms with Gasteiger partial charge < -0.3 is 14.6 Å². The molecule has 0 aromatic carbocycles. The van der Waals surface area contributed by atoms with Gasteiger partial charge in [0.25, 0.3) is 5.91 Å². The minimum atomic E-state index is -0.910. The number of carboxylic acid groups (broad SMARTS) is 1. The highest BCUT2D eigenvalue weighted by Gasteiger charge is 2.16. The van der Waals surface area contributed by atoms with Crippen molar-refractivity contribution >= 4 is 27.8 Å². The van der Waals surface area contributed by atoms with Crippen LogP contribution in [-0.2, 0) is 11.8 Å². The molecule has 0 radical (unpaired) electrons. The van der Waals surface area contributed by atoms with Crippen molar-refractivity contribution in [2.75, 3.05) is 13.6 Å². The zero-order valence-electron chi connectivity index (χ0n) is 9.11. The molecular weight excluding hydrogens is 276 g/mol. The van der Waals surface area contributed by atoms with Gasteiger partial charge >= 0.3 is 5.97 Å². The Bertz CT molecular complexity index is 414. The van der Waals surface area contributed by atoms with E-state index in [1.807, 2.05) is 0 Å². The molecular formula is C10H13BrN2O3. The molecule has 5 nitrogen and oxygen atoms in total. The van der Waals surface area contributed by atoms with Crippen LogP contribution in [0.1, 0.15) is 16.9 Å². The summed E-state index contributed by atoms with van der Waals surface area (Å²) in [4.78, 5) is 23.7. The molecule has 6 heteroatoms. The third-order valence-electron chi connectivity index (χ3n) is 2.20. The van der Waals surface area contributed by atoms with Crippen LogP contribution in [-0.4, -0.2) is 40.0 Å². The third kappa shape index (κ3) is 3.10. The molecule has 0 spiro atoms. The molecule has 0 bridgehead atoms. The van der Waals surface area contributed by atoms with Gasteiger partial charge in [-0.2, -0.15) is 0 Å². The summed E-state index contributed by atoms with van der Waals surface area (Å²) < 4.78 is 2.52. The minimum Gasteiger partial charge on any atom is -0.481 e. The molecule has 0 atom stereocenters. The van der Waals surface area contributed by atoms with E-state index in [2.05, 4.69) is 15.9 Å². The molecule has 1 rings (SSSR count). The maximum atomic E-state index is 11.9. The third-order valence-corrected chi connectivity index (χ3v) is 2.63. The summed E-state index contributed by atoms with van der Waals surface area (Å²) in [5.74, 6) is -1.10. The molecule has 88 valence electrons. The fourth-order valence-electron chi connectivity index (χ4n) is 1.30. The summed E-state index contributed by atoms with van der Waals surface area (Å²) in [6.07, 6.45) is 1.73. The molecule has 1 N–H and O–H groups in total. The van der Waals surface area contributed by atoms with Gasteiger partial charge in [-0.15, -0.1) is 0 Å². The molecule has 1 heterocycles. The molecule has 0 saturated carbocycles. The van der Waals surface area contributed by atoms with Crippen molar-refractivity contribution in [3.05, 3.63) is 22.4 Å². The van der Waals surface area contributed by atoms with E-state index >= 15 is 0 Å². The Morgan fingerprint density at radius 2 is 2.19 bits per heavy atom. The normalized spacial score (nSPS) is 10.2. The largest absolute Gasteiger partial charge is 0.481 e. The number of carbonyl (C=O) groups excluding carboxylic acids is 1. The first kappa shape index (κ1) is 12.8. The summed E-state index contributed by atoms with van der Waals surface area (Å²) in [6.45, 7) is 0.205. The number of aromatic nitrogens is 1. The Morgan fingerprint density at radius 1 is 1.56 bits per heavy atom. The van der Waals surface area contributed by atoms with Crippen LogP contribution < -0.4 is 0 Å². The number of amides is 1. The minimum absolute atomic E-state index is 0.0478. The molecule has 1 aromatic rings. The lowest BCUT2D eigenvalue weighted by atomic mass is 10.3. The summed E-state index contributed by atoms with van der Waals surface area (Å²) in [5.41, 5.74) is 0.528. The van der Waals surface area contributed by atoms with Crippen LogP contribution in [0.25, 0.3) is 0 Å². The smallest absolute Gasteiger partial charge is 0.305 e. The fraction of sp³-hybridized carbons (Fsp3) is 0.400. The molecule has 0 aliphatic rings. The molecule has 0 saturated heterocycles. The summed E-state index contributed by atoms with van der Waals surface area (Å²) >= 11 is 3.28. The van der Waals surface area contributed by atoms with Crippen LogP contribution in [0.5, 0.6) is 0 Å². The Kier molecular flexibility index (Phi) is 4.12. The van der Waals surface area contributed by atoms with Gasteiger partial charge in [0.15, 0.2) is 0 Å². The van der Waals surface area contributed by atoms with Crippen LogP contribution >= 0.6 is 15.9 Å². The molecule has 0 aliphatic carbocycles. The van der Waals surface area contributed by atoms with Crippen LogP contribution in [0.15, 0.2) is 16.7 Å². The van der Waals surface area contributed by atoms with Crippen molar-refractivity contribution in [1.82, 2.24) is 9.47 Å². The first-order chi connectivity index (χ1) is 7.41. The van der Waals surface area contributed by atoms with Gasteiger partial charge in [-0.05, 0) is 22.0 Å². The van der Waals surface area contributed by atoms with E-state index in [0.717, 1.165) is 4.47 Å². The molecule has 0 fully saturated rings. The number of rotatable bonds is 4. The van der Waals surface area contributed by atoms with Gasteiger partial charge in [-0.1, -0.05) is 0 Å². The first-order valence-electron chi connectivity index (χ1n) is 4.71. The second kappa shape index (κ2) is 5.16. The number of aryl methyl sites for hydroxylation is 1. The number of carboxylic acids is 1. The number of aliphatic carboxylic acids is 1. The Morgan fingerprint density at radius 3 is 2.62 bits per heavy atom. The lowest BCUT2D eigenvalue weighted by Crippen LogP contribution is -2.30. The van der Waals surface area contributed by atoms with Crippen LogP contribution in [0.4, 0.5) is 0 Å². The highest BCUT2D eigenvalue weighted by atomic mass is 79.9. The van der Waals surface area contributed by atoms with Gasteiger partial charge in [0, 0.05) is 31.3 Å². The van der Waals surface area contributed by atoms with Crippen LogP contribution in [0, 0.1) is 0 Å². The molecule has 0 unspecified atom stereocenters. The van der Waals surface area contributed by atoms with Gasteiger partial charge in [0.2, 0.25) is 0 Å². The monoisotopic (exact) mass is 288 g/mol. The maximum Gasteiger partial charge on any atom is 0.305 e. The molecule has 1 aromatic heterocycles. The summed E-state index contributed by atoms with van der Waals surface area (Å²) in [6, 6.07) is 1.71. The van der Waals surface area contributed by atoms with E-state index in [1.165, 1.54) is 4.90 Å². The van der Waals surface area contributed by atoms with Gasteiger partial charge in [-0.25, -0.2) is 0 Å². The van der Waals surface area contributed by atoms with Crippen molar-refractivity contribution in [3.63, 3.8) is 0 Å². The van der Waals surface area contributed by atoms with E-state index in [9.17, 15) is 9.59 Å². The highest BCUT2D eigenvalue weighted by Crippen LogP contribution is 2.15. The average Bonchev–Trinajstić information content (AvgIpc) is 2.53. The summed E-state index contributed by atoms with van der Waals surface area (Å²) in [7, 11) is 3.36. The van der Waals surface area contributed by atoms with Gasteiger partial charge in [-0.3, -0.25) is 9.59 Å². The fourth-order valence-corrected chi connectivity index (χ4v) is 1.82. The van der Waals surface area contributed by atoms with Gasteiger partial charge in [0.1, 0.15) is 5.69 Å². The van der Waals surface area contributed by atoms with Crippen molar-refractivity contribution in [3.8, 4) is 0 Å². The van der Waals surface area contributed by atoms with E-state index in [0.29, 0.717) is 5.69 Å². The number of hydrogen-bond acceptors (Lipinski definition) is 2. The molecule has 1 amide bonds. The topological polar surface area (TPSA) is 62.5 Å². The van der Waals surface area contributed by atoms with Crippen LogP contribution in [0.3, 0.4) is 0 Å². The zero-order valence-corrected chi connectivity index (χ0v) is 10.7. The first-order valence-corrected chi connectivity index (χ1v) is 5.50. The van der Waals surface area contributed by atoms with Crippen molar-refractivity contribution < 1.29 is 14.7 Å². The SMILES string of the molecule is CN(CCC(=O)O)C(=O)c1cc(Br)cn1C. The maximum absolute atomic E-state index is 11.9. The van der Waals surface area contributed by atoms with Crippen molar-refractivity contribution in [1.29, 1.82) is 0 Å². The number of nitrogens with zero attached hydrogens (tertiary/aromatic N) is 2. The second-order valence-corrected chi connectivity index (χ2v) is 4.44. The van der Waals surface area contributed by atoms with Crippen molar-refractivity contribution in [2.24, 2.45) is 7.05 Å². The zero-order chi connectivity index (χ0) is 12.3. The second-order valence-electron chi connectivity index (χ2n) is 3.52. The van der Waals surface area contributed by atoms with E-state index in [-0.39, 0.29) is 18.9 Å². The Labute approximate surface area is 102 Å². The standard InChI is InChI=1S/C10H13BrN2O3/c1-12(4-3-9(14)15)10(16)8-5-7(11)6-13(8)2/h5-6H,3-4H2,1-2H3,(H,14,15). The van der Waals surface area contributed by atoms with Crippen molar-refractivity contribution in [2.45, 2.75) is 6.42 Å².